The van der Waals surface area contributed by atoms with Gasteiger partial charge in [0.2, 0.25) is 0 Å². The van der Waals surface area contributed by atoms with E-state index in [1.54, 1.807) is 0 Å². The van der Waals surface area contributed by atoms with Crippen molar-refractivity contribution in [2.45, 2.75) is 26.7 Å². The number of aromatic amines is 1. The predicted octanol–water partition coefficient (Wildman–Crippen LogP) is 1.87. The van der Waals surface area contributed by atoms with Gasteiger partial charge in [-0.25, -0.2) is 0 Å². The molecule has 0 unspecified atom stereocenters. The van der Waals surface area contributed by atoms with Crippen molar-refractivity contribution >= 4 is 10.7 Å². The van der Waals surface area contributed by atoms with E-state index in [9.17, 15) is 0 Å². The maximum absolute atomic E-state index is 7.33. The Bertz CT molecular complexity index is 364. The van der Waals surface area contributed by atoms with Crippen LogP contribution in [-0.2, 0) is 28.6 Å². The third-order valence-electron chi connectivity index (χ3n) is 2.08. The molecule has 0 saturated heterocycles. The van der Waals surface area contributed by atoms with Crippen LogP contribution in [0.1, 0.15) is 30.8 Å². The van der Waals surface area contributed by atoms with Crippen molar-refractivity contribution in [1.29, 1.82) is 5.41 Å². The van der Waals surface area contributed by atoms with Crippen molar-refractivity contribution in [2.24, 2.45) is 0 Å². The molecule has 0 saturated carbocycles. The van der Waals surface area contributed by atoms with Crippen LogP contribution in [0.15, 0.2) is 12.2 Å². The van der Waals surface area contributed by atoms with E-state index in [0.717, 1.165) is 39.9 Å². The molecule has 0 aliphatic carbocycles. The first-order chi connectivity index (χ1) is 6.60. The van der Waals surface area contributed by atoms with Gasteiger partial charge < -0.3 is 0 Å². The molecule has 0 aliphatic rings. The van der Waals surface area contributed by atoms with Gasteiger partial charge in [0, 0.05) is 0 Å². The molecule has 2 nitrogen and oxygen atoms in total. The fraction of sp³-hybridized carbons (Fsp3) is 0.364. The molecule has 1 rings (SSSR count). The summed E-state index contributed by atoms with van der Waals surface area (Å²) in [5, 5.41) is 7.33. The van der Waals surface area contributed by atoms with Crippen LogP contribution < -0.4 is 4.50 Å². The molecule has 2 N–H and O–H groups in total. The molecule has 0 radical (unpaired) electrons. The second kappa shape index (κ2) is 4.62. The Balaban J connectivity index is 3.15. The number of hydrogen-bond acceptors (Lipinski definition) is 1. The molecule has 0 aromatic carbocycles. The average molecular weight is 234 g/mol. The van der Waals surface area contributed by atoms with Crippen LogP contribution in [0.3, 0.4) is 0 Å². The number of rotatable bonds is 4. The topological polar surface area (TPSA) is 39.6 Å². The van der Waals surface area contributed by atoms with Crippen molar-refractivity contribution in [1.82, 2.24) is 4.98 Å². The van der Waals surface area contributed by atoms with Gasteiger partial charge in [-0.3, -0.25) is 0 Å². The number of H-pyrrole nitrogens is 1. The van der Waals surface area contributed by atoms with Crippen LogP contribution >= 0.6 is 0 Å². The molecule has 1 heterocycles. The Labute approximate surface area is 92.9 Å². The minimum atomic E-state index is 0.789. The number of allylic oxidation sites excluding steroid dienone is 1. The Morgan fingerprint density at radius 3 is 2.64 bits per heavy atom. The second-order valence-electron chi connectivity index (χ2n) is 3.42. The van der Waals surface area contributed by atoms with Crippen molar-refractivity contribution < 1.29 is 15.7 Å². The normalized spacial score (nSPS) is 10.3. The van der Waals surface area contributed by atoms with Gasteiger partial charge >= 0.3 is 92.6 Å². The van der Waals surface area contributed by atoms with Gasteiger partial charge in [-0.2, -0.15) is 0 Å². The van der Waals surface area contributed by atoms with E-state index < -0.39 is 0 Å². The van der Waals surface area contributed by atoms with E-state index in [2.05, 4.69) is 34.2 Å². The molecule has 0 bridgehead atoms. The van der Waals surface area contributed by atoms with Crippen LogP contribution in [0.25, 0.3) is 0 Å². The summed E-state index contributed by atoms with van der Waals surface area (Å²) in [6.45, 7) is 7.93. The first kappa shape index (κ1) is 11.3. The van der Waals surface area contributed by atoms with Gasteiger partial charge in [0.15, 0.2) is 0 Å². The molecular weight excluding hydrogens is 219 g/mol. The van der Waals surface area contributed by atoms with Crippen LogP contribution in [0.4, 0.5) is 0 Å². The van der Waals surface area contributed by atoms with Gasteiger partial charge in [-0.05, 0) is 0 Å². The van der Waals surface area contributed by atoms with Crippen LogP contribution in [0, 0.1) is 5.41 Å². The van der Waals surface area contributed by atoms with Crippen molar-refractivity contribution in [2.75, 3.05) is 0 Å². The molecule has 0 aliphatic heterocycles. The summed E-state index contributed by atoms with van der Waals surface area (Å²) in [6, 6.07) is 0. The van der Waals surface area contributed by atoms with Gasteiger partial charge in [-0.1, -0.05) is 0 Å². The third kappa shape index (κ3) is 2.16. The Morgan fingerprint density at radius 1 is 1.57 bits per heavy atom. The van der Waals surface area contributed by atoms with E-state index >= 15 is 0 Å². The maximum atomic E-state index is 7.33. The van der Waals surface area contributed by atoms with Gasteiger partial charge in [0.25, 0.3) is 0 Å². The molecule has 0 fully saturated rings. The van der Waals surface area contributed by atoms with Crippen molar-refractivity contribution in [3.05, 3.63) is 29.1 Å². The zero-order chi connectivity index (χ0) is 10.7. The molecule has 3 heteroatoms. The third-order valence-corrected chi connectivity index (χ3v) is 2.67. The minimum absolute atomic E-state index is 0.789. The van der Waals surface area contributed by atoms with E-state index in [0.29, 0.717) is 0 Å². The fourth-order valence-electron chi connectivity index (χ4n) is 1.41. The van der Waals surface area contributed by atoms with Gasteiger partial charge in [-0.15, -0.1) is 0 Å². The Kier molecular flexibility index (Phi) is 3.72. The molecule has 0 atom stereocenters. The van der Waals surface area contributed by atoms with Gasteiger partial charge in [0.05, 0.1) is 0 Å². The van der Waals surface area contributed by atoms with Crippen LogP contribution in [-0.4, -0.2) is 11.2 Å². The Hall–Kier alpha value is -0.804. The number of aromatic nitrogens is 1. The summed E-state index contributed by atoms with van der Waals surface area (Å²) in [6.07, 6.45) is 3.06. The van der Waals surface area contributed by atoms with E-state index in [1.807, 2.05) is 6.92 Å². The standard InChI is InChI=1S/C11H15N2.Co/c1-4-10-6-9(7-12)11(13-10)5-8(2)3;/h7,12-13H,2,4-5H2,1,3H3;. The summed E-state index contributed by atoms with van der Waals surface area (Å²) in [5.74, 6) is 0. The summed E-state index contributed by atoms with van der Waals surface area (Å²) < 4.78 is 0.895. The van der Waals surface area contributed by atoms with E-state index in [4.69, 9.17) is 5.41 Å². The molecule has 14 heavy (non-hydrogen) atoms. The molecule has 1 aromatic rings. The summed E-state index contributed by atoms with van der Waals surface area (Å²) in [5.41, 5.74) is 4.13. The SMILES string of the molecule is C=C(C)Cc1[nH]c(CC)[c]([Co])c1C=N. The molecule has 1 aromatic heterocycles. The summed E-state index contributed by atoms with van der Waals surface area (Å²) >= 11 is 4.46. The zero-order valence-electron chi connectivity index (χ0n) is 8.53. The molecule has 0 amide bonds. The van der Waals surface area contributed by atoms with E-state index in [1.165, 1.54) is 6.21 Å². The van der Waals surface area contributed by atoms with E-state index in [-0.39, 0.29) is 0 Å². The monoisotopic (exact) mass is 234 g/mol. The number of nitrogens with one attached hydrogen (secondary N) is 2. The molecular formula is C11H15CoN2. The summed E-state index contributed by atoms with van der Waals surface area (Å²) in [4.78, 5) is 3.29. The van der Waals surface area contributed by atoms with Crippen molar-refractivity contribution in [3.8, 4) is 0 Å². The van der Waals surface area contributed by atoms with Crippen molar-refractivity contribution in [3.63, 3.8) is 0 Å². The Morgan fingerprint density at radius 2 is 2.21 bits per heavy atom. The fourth-order valence-corrected chi connectivity index (χ4v) is 1.90. The van der Waals surface area contributed by atoms with Crippen LogP contribution in [0.2, 0.25) is 0 Å². The van der Waals surface area contributed by atoms with Gasteiger partial charge in [0.1, 0.15) is 0 Å². The van der Waals surface area contributed by atoms with Crippen LogP contribution in [0.5, 0.6) is 0 Å². The predicted molar refractivity (Wildman–Crippen MR) is 56.2 cm³/mol. The average Bonchev–Trinajstić information content (AvgIpc) is 2.41. The first-order valence-corrected chi connectivity index (χ1v) is 5.14. The number of aryl methyl sites for hydroxylation is 1. The quantitative estimate of drug-likeness (QED) is 0.589. The first-order valence-electron chi connectivity index (χ1n) is 4.62. The zero-order valence-corrected chi connectivity index (χ0v) is 9.57. The molecule has 78 valence electrons. The summed E-state index contributed by atoms with van der Waals surface area (Å²) in [7, 11) is 0. The molecule has 0 spiro atoms. The second-order valence-corrected chi connectivity index (χ2v) is 3.94. The number of hydrogen-bond donors (Lipinski definition) is 2.